The molecule has 2 aromatic rings. The first-order valence-electron chi connectivity index (χ1n) is 41.7. The van der Waals surface area contributed by atoms with Gasteiger partial charge in [-0.3, -0.25) is 57.6 Å². The number of methoxy groups -OCH3 is 2. The number of carboxylic acids is 1. The molecule has 25 nitrogen and oxygen atoms in total. The molecular formula is C88H148N8O17S3. The van der Waals surface area contributed by atoms with Crippen LogP contribution in [0.4, 0.5) is 15.3 Å². The molecule has 0 radical (unpaired) electrons. The number of thiol groups is 1. The number of ketones is 3. The highest BCUT2D eigenvalue weighted by Crippen LogP contribution is 2.33. The number of aliphatic carboxylic acids is 1. The molecule has 2 unspecified atom stereocenters. The van der Waals surface area contributed by atoms with Gasteiger partial charge in [-0.05, 0) is 131 Å². The van der Waals surface area contributed by atoms with Crippen LogP contribution in [0, 0.1) is 54.3 Å². The SMILES string of the molecule is C.CCCCS.CCCCSC(C)=O.CCCCSC1CC(=O)N(CCCCCC(=O)N[C@H](C(=O)C[C@@H](CCCNC(N)=O)C(=O)Nc2ccc(C)cc2)C(C)C)C1=O.CCOC(=O)N(C)[C@H](C(=O)C[C@H](C(=O)N(C)C([C@@H](C)CC)[C@@H](CC(=O)N1CCC[C@H]1[C@H](OC)[C@@H](C)C(=O)C[C@@H](Cc1ccccc1)C(=O)O)OC)C(C)C)C(C)C. The Hall–Kier alpha value is -6.88. The number of primary amides is 1. The first-order valence-corrected chi connectivity index (χ1v) is 44.4. The number of hydrogen-bond acceptors (Lipinski definition) is 19. The van der Waals surface area contributed by atoms with Crippen LogP contribution in [0.1, 0.15) is 244 Å². The van der Waals surface area contributed by atoms with Gasteiger partial charge >= 0.3 is 18.1 Å². The van der Waals surface area contributed by atoms with Crippen LogP contribution >= 0.6 is 36.2 Å². The predicted octanol–water partition coefficient (Wildman–Crippen LogP) is 14.9. The molecule has 9 amide bonds. The summed E-state index contributed by atoms with van der Waals surface area (Å²) in [5.74, 6) is -3.61. The number of imide groups is 1. The number of nitrogens with two attached hydrogens (primary N) is 1. The molecule has 2 aliphatic rings. The van der Waals surface area contributed by atoms with Crippen LogP contribution in [0.3, 0.4) is 0 Å². The number of benzene rings is 2. The van der Waals surface area contributed by atoms with Gasteiger partial charge in [-0.2, -0.15) is 12.6 Å². The van der Waals surface area contributed by atoms with Crippen molar-refractivity contribution in [2.75, 3.05) is 77.1 Å². The Labute approximate surface area is 709 Å². The summed E-state index contributed by atoms with van der Waals surface area (Å²) in [4.78, 5) is 173. The molecule has 2 heterocycles. The van der Waals surface area contributed by atoms with Gasteiger partial charge in [0.1, 0.15) is 5.78 Å². The molecule has 2 aliphatic heterocycles. The molecule has 4 rings (SSSR count). The Bertz CT molecular complexity index is 3270. The summed E-state index contributed by atoms with van der Waals surface area (Å²) in [6, 6.07) is 13.5. The first-order chi connectivity index (χ1) is 54.5. The van der Waals surface area contributed by atoms with Crippen molar-refractivity contribution in [2.24, 2.45) is 53.1 Å². The Morgan fingerprint density at radius 1 is 0.716 bits per heavy atom. The molecule has 0 bridgehead atoms. The predicted molar refractivity (Wildman–Crippen MR) is 469 cm³/mol. The second kappa shape index (κ2) is 60.6. The highest BCUT2D eigenvalue weighted by Gasteiger charge is 2.45. The van der Waals surface area contributed by atoms with Crippen molar-refractivity contribution in [3.8, 4) is 0 Å². The third-order valence-electron chi connectivity index (χ3n) is 21.1. The van der Waals surface area contributed by atoms with Crippen molar-refractivity contribution < 1.29 is 81.6 Å². The van der Waals surface area contributed by atoms with E-state index in [1.54, 1.807) is 61.5 Å². The molecule has 660 valence electrons. The first kappa shape index (κ1) is 109. The summed E-state index contributed by atoms with van der Waals surface area (Å²) in [5.41, 5.74) is 7.65. The molecule has 116 heavy (non-hydrogen) atoms. The molecule has 6 N–H and O–H groups in total. The number of nitrogens with zero attached hydrogens (tertiary/aromatic N) is 4. The van der Waals surface area contributed by atoms with Gasteiger partial charge in [-0.15, -0.1) is 11.8 Å². The third kappa shape index (κ3) is 40.3. The van der Waals surface area contributed by atoms with E-state index in [-0.39, 0.29) is 152 Å². The Balaban J connectivity index is 0.00000199. The maximum atomic E-state index is 14.4. The monoisotopic (exact) mass is 1690 g/mol. The standard InChI is InChI=1S/C44H71N3O10.C33H51N5O6S.C6H12OS.C4H10S.CH4/c1-13-29(7)40(45(9)42(51)33(27(3)4)25-36(49)39(28(5)6)46(10)44(54)57-14-2)37(55-11)26-38(50)47-22-18-21-34(47)41(56-12)30(8)35(48)24-32(43(52)53)23-31-19-16-15-17-20-31;1-5-6-19-45-27-21-29(41)38(32(27)43)18-9-7-8-12-28(40)37-30(22(2)3)26(39)20-24(11-10-17-35-33(34)44)31(42)36-25-15-13-23(4)14-16-25;1-3-4-5-8-6(2)7;1-2-3-4-5;/h15-17,19-20,27-30,32-34,37,39-41H,13-14,18,21-26H2,1-12H3,(H,52,53);13-16,22,24,27,30H,5-12,17-21H2,1-4H3,(H,36,42)(H,37,40)(H3,34,35,44);3-5H2,1-2H3;5H,2-4H2,1H3;1H4/t29-,30-,32+,33-,34-,37+,39-,40?,41+;24-,27?,30+;;;/m01.../s1. The van der Waals surface area contributed by atoms with E-state index in [1.165, 1.54) is 62.1 Å². The summed E-state index contributed by atoms with van der Waals surface area (Å²) in [6.07, 6.45) is 10.1. The lowest BCUT2D eigenvalue weighted by molar-refractivity contribution is -0.149. The summed E-state index contributed by atoms with van der Waals surface area (Å²) in [6.45, 7) is 29.9. The van der Waals surface area contributed by atoms with Crippen LogP contribution in [-0.4, -0.2) is 214 Å². The average molecular weight is 1690 g/mol. The van der Waals surface area contributed by atoms with E-state index >= 15 is 0 Å². The molecule has 2 fully saturated rings. The smallest absolute Gasteiger partial charge is 0.410 e. The van der Waals surface area contributed by atoms with Crippen molar-refractivity contribution in [1.82, 2.24) is 30.2 Å². The van der Waals surface area contributed by atoms with Gasteiger partial charge in [0.05, 0.1) is 60.6 Å². The third-order valence-corrected chi connectivity index (χ3v) is 23.6. The van der Waals surface area contributed by atoms with Gasteiger partial charge in [0.25, 0.3) is 0 Å². The average Bonchev–Trinajstić information content (AvgIpc) is 1.48. The van der Waals surface area contributed by atoms with Gasteiger partial charge in [-0.1, -0.05) is 182 Å². The molecule has 12 atom stereocenters. The fraction of sp³-hybridized carbons (Fsp3) is 0.716. The van der Waals surface area contributed by atoms with E-state index < -0.39 is 78.1 Å². The lowest BCUT2D eigenvalue weighted by atomic mass is 9.83. The lowest BCUT2D eigenvalue weighted by Gasteiger charge is -2.41. The normalized spacial score (nSPS) is 16.3. The number of carbonyl (C=O) groups is 13. The zero-order chi connectivity index (χ0) is 87.0. The molecule has 2 aromatic carbocycles. The number of nitrogens with one attached hydrogen (secondary N) is 3. The van der Waals surface area contributed by atoms with Crippen LogP contribution in [0.25, 0.3) is 0 Å². The number of likely N-dealkylation sites (N-methyl/N-ethyl adjacent to an activating group) is 2. The van der Waals surface area contributed by atoms with E-state index in [0.29, 0.717) is 70.1 Å². The van der Waals surface area contributed by atoms with Gasteiger partial charge < -0.3 is 55.7 Å². The van der Waals surface area contributed by atoms with Crippen LogP contribution in [0.15, 0.2) is 54.6 Å². The second-order valence-electron chi connectivity index (χ2n) is 31.3. The number of carboxylic acid groups (broad SMARTS) is 1. The lowest BCUT2D eigenvalue weighted by Crippen LogP contribution is -2.54. The van der Waals surface area contributed by atoms with Crippen LogP contribution in [0.5, 0.6) is 0 Å². The topological polar surface area (TPSA) is 345 Å². The number of urea groups is 1. The number of amides is 9. The number of ether oxygens (including phenoxy) is 3. The highest BCUT2D eigenvalue weighted by molar-refractivity contribution is 8.13. The van der Waals surface area contributed by atoms with E-state index in [2.05, 4.69) is 49.4 Å². The van der Waals surface area contributed by atoms with Gasteiger partial charge in [0.2, 0.25) is 35.4 Å². The van der Waals surface area contributed by atoms with Crippen molar-refractivity contribution in [1.29, 1.82) is 0 Å². The number of unbranched alkanes of at least 4 members (excludes halogenated alkanes) is 5. The van der Waals surface area contributed by atoms with E-state index in [9.17, 15) is 67.4 Å². The van der Waals surface area contributed by atoms with Gasteiger partial charge in [0, 0.05) is 116 Å². The van der Waals surface area contributed by atoms with Crippen LogP contribution in [-0.2, 0) is 73.4 Å². The molecule has 0 spiro atoms. The molecule has 0 aromatic heterocycles. The molecule has 28 heteroatoms. The highest BCUT2D eigenvalue weighted by atomic mass is 32.2. The quantitative estimate of drug-likeness (QED) is 0.0204. The minimum Gasteiger partial charge on any atom is -0.481 e. The van der Waals surface area contributed by atoms with Crippen LogP contribution < -0.4 is 21.7 Å². The van der Waals surface area contributed by atoms with Crippen molar-refractivity contribution in [2.45, 2.75) is 288 Å². The van der Waals surface area contributed by atoms with Crippen molar-refractivity contribution >= 4 is 118 Å². The largest absolute Gasteiger partial charge is 0.481 e. The van der Waals surface area contributed by atoms with Crippen LogP contribution in [0.2, 0.25) is 0 Å². The van der Waals surface area contributed by atoms with E-state index in [0.717, 1.165) is 47.6 Å². The van der Waals surface area contributed by atoms with E-state index in [1.807, 2.05) is 105 Å². The van der Waals surface area contributed by atoms with Gasteiger partial charge in [-0.25, -0.2) is 9.59 Å². The molecular weight excluding hydrogens is 1540 g/mol. The van der Waals surface area contributed by atoms with Crippen molar-refractivity contribution in [3.63, 3.8) is 0 Å². The minimum absolute atomic E-state index is 0. The Kier molecular flexibility index (Phi) is 57.0. The number of likely N-dealkylation sites (tertiary alicyclic amines) is 2. The summed E-state index contributed by atoms with van der Waals surface area (Å²) in [5, 5.41) is 18.2. The van der Waals surface area contributed by atoms with Crippen molar-refractivity contribution in [3.05, 3.63) is 65.7 Å². The number of aryl methyl sites for hydroxylation is 1. The zero-order valence-electron chi connectivity index (χ0n) is 72.8. The van der Waals surface area contributed by atoms with E-state index in [4.69, 9.17) is 19.9 Å². The minimum atomic E-state index is -1.04. The summed E-state index contributed by atoms with van der Waals surface area (Å²) in [7, 11) is 6.29. The Morgan fingerprint density at radius 2 is 1.34 bits per heavy atom. The molecule has 0 aliphatic carbocycles. The Morgan fingerprint density at radius 3 is 1.86 bits per heavy atom. The number of hydrogen-bond donors (Lipinski definition) is 6. The maximum Gasteiger partial charge on any atom is 0.410 e. The molecule has 2 saturated heterocycles. The second-order valence-corrected chi connectivity index (χ2v) is 34.4. The fourth-order valence-electron chi connectivity index (χ4n) is 14.1. The number of thioether (sulfide) groups is 2. The molecule has 0 saturated carbocycles. The zero-order valence-corrected chi connectivity index (χ0v) is 75.3. The number of Topliss-reactive ketones (excluding diaryl/α,β-unsaturated/α-hetero) is 3. The summed E-state index contributed by atoms with van der Waals surface area (Å²) >= 11 is 6.98. The maximum absolute atomic E-state index is 14.4. The fourth-order valence-corrected chi connectivity index (χ4v) is 16.4. The number of anilines is 1. The number of carbonyl (C=O) groups excluding carboxylic acids is 12. The number of rotatable bonds is 50. The van der Waals surface area contributed by atoms with Gasteiger partial charge in [0.15, 0.2) is 16.7 Å². The summed E-state index contributed by atoms with van der Waals surface area (Å²) < 4.78 is 17.1.